The lowest BCUT2D eigenvalue weighted by atomic mass is 9.99. The highest BCUT2D eigenvalue weighted by Gasteiger charge is 2.36. The van der Waals surface area contributed by atoms with Crippen LogP contribution in [0.1, 0.15) is 6.92 Å². The van der Waals surface area contributed by atoms with Gasteiger partial charge in [0, 0.05) is 38.2 Å². The van der Waals surface area contributed by atoms with Crippen LogP contribution in [-0.2, 0) is 19.6 Å². The van der Waals surface area contributed by atoms with Crippen molar-refractivity contribution in [3.05, 3.63) is 29.3 Å². The lowest BCUT2D eigenvalue weighted by Gasteiger charge is -2.21. The lowest BCUT2D eigenvalue weighted by molar-refractivity contribution is -0.145. The second-order valence-electron chi connectivity index (χ2n) is 6.34. The van der Waals surface area contributed by atoms with Crippen molar-refractivity contribution in [2.75, 3.05) is 40.3 Å². The van der Waals surface area contributed by atoms with E-state index in [0.717, 1.165) is 0 Å². The molecule has 2 N–H and O–H groups in total. The third kappa shape index (κ3) is 6.46. The van der Waals surface area contributed by atoms with Crippen molar-refractivity contribution in [1.29, 1.82) is 0 Å². The molecule has 0 radical (unpaired) electrons. The number of carbonyl (C=O) groups is 1. The number of rotatable bonds is 6. The van der Waals surface area contributed by atoms with Crippen molar-refractivity contribution in [1.82, 2.24) is 14.9 Å². The zero-order chi connectivity index (χ0) is 20.0. The summed E-state index contributed by atoms with van der Waals surface area (Å²) in [6, 6.07) is 6.09. The second-order valence-corrected chi connectivity index (χ2v) is 8.54. The predicted molar refractivity (Wildman–Crippen MR) is 120 cm³/mol. The van der Waals surface area contributed by atoms with Crippen LogP contribution in [0.4, 0.5) is 0 Å². The maximum absolute atomic E-state index is 12.3. The van der Waals surface area contributed by atoms with Gasteiger partial charge in [0.25, 0.3) is 0 Å². The van der Waals surface area contributed by atoms with Gasteiger partial charge in [-0.2, -0.15) is 0 Å². The largest absolute Gasteiger partial charge is 0.469 e. The normalized spacial score (nSPS) is 19.9. The fourth-order valence-electron chi connectivity index (χ4n) is 3.01. The zero-order valence-corrected chi connectivity index (χ0v) is 19.9. The minimum atomic E-state index is -3.63. The Balaban J connectivity index is 0.00000392. The molecule has 1 fully saturated rings. The molecule has 1 aliphatic rings. The van der Waals surface area contributed by atoms with E-state index in [9.17, 15) is 13.2 Å². The fraction of sp³-hybridized carbons (Fsp3) is 0.529. The molecule has 0 bridgehead atoms. The average Bonchev–Trinajstić information content (AvgIpc) is 3.02. The highest BCUT2D eigenvalue weighted by molar-refractivity contribution is 14.0. The van der Waals surface area contributed by atoms with E-state index in [1.807, 2.05) is 11.8 Å². The monoisotopic (exact) mass is 544 g/mol. The first-order valence-corrected chi connectivity index (χ1v) is 10.4. The molecule has 2 unspecified atom stereocenters. The highest BCUT2D eigenvalue weighted by Crippen LogP contribution is 2.24. The van der Waals surface area contributed by atoms with Crippen molar-refractivity contribution < 1.29 is 17.9 Å². The topological polar surface area (TPSA) is 100 Å². The van der Waals surface area contributed by atoms with Crippen LogP contribution in [0.5, 0.6) is 0 Å². The SMILES string of the molecule is CN=C(NCCNS(=O)(=O)c1cccc(Cl)c1)N1CC(C)C(C(=O)OC)C1.I. The number of methoxy groups -OCH3 is 1. The van der Waals surface area contributed by atoms with E-state index in [-0.39, 0.29) is 53.2 Å². The van der Waals surface area contributed by atoms with E-state index < -0.39 is 10.0 Å². The summed E-state index contributed by atoms with van der Waals surface area (Å²) in [6.07, 6.45) is 0. The minimum Gasteiger partial charge on any atom is -0.469 e. The van der Waals surface area contributed by atoms with Gasteiger partial charge in [0.1, 0.15) is 0 Å². The van der Waals surface area contributed by atoms with Crippen LogP contribution in [0.25, 0.3) is 0 Å². The number of sulfonamides is 1. The molecular weight excluding hydrogens is 519 g/mol. The summed E-state index contributed by atoms with van der Waals surface area (Å²) in [5.41, 5.74) is 0. The molecule has 28 heavy (non-hydrogen) atoms. The number of hydrogen-bond donors (Lipinski definition) is 2. The quantitative estimate of drug-likeness (QED) is 0.185. The lowest BCUT2D eigenvalue weighted by Crippen LogP contribution is -2.43. The Kier molecular flexibility index (Phi) is 9.95. The molecule has 0 amide bonds. The third-order valence-corrected chi connectivity index (χ3v) is 6.13. The number of esters is 1. The van der Waals surface area contributed by atoms with Gasteiger partial charge in [0.05, 0.1) is 17.9 Å². The van der Waals surface area contributed by atoms with Gasteiger partial charge in [-0.15, -0.1) is 24.0 Å². The Morgan fingerprint density at radius 1 is 1.36 bits per heavy atom. The summed E-state index contributed by atoms with van der Waals surface area (Å²) in [4.78, 5) is 18.1. The van der Waals surface area contributed by atoms with Crippen molar-refractivity contribution >= 4 is 57.5 Å². The molecule has 0 saturated carbocycles. The first kappa shape index (κ1) is 24.9. The van der Waals surface area contributed by atoms with Gasteiger partial charge in [-0.1, -0.05) is 24.6 Å². The maximum Gasteiger partial charge on any atom is 0.310 e. The summed E-state index contributed by atoms with van der Waals surface area (Å²) < 4.78 is 31.9. The van der Waals surface area contributed by atoms with Crippen LogP contribution in [0.2, 0.25) is 5.02 Å². The maximum atomic E-state index is 12.3. The molecule has 0 spiro atoms. The summed E-state index contributed by atoms with van der Waals surface area (Å²) in [7, 11) is -0.595. The van der Waals surface area contributed by atoms with E-state index in [1.54, 1.807) is 19.2 Å². The van der Waals surface area contributed by atoms with E-state index in [4.69, 9.17) is 16.3 Å². The average molecular weight is 545 g/mol. The minimum absolute atomic E-state index is 0. The van der Waals surface area contributed by atoms with Crippen LogP contribution >= 0.6 is 35.6 Å². The van der Waals surface area contributed by atoms with Gasteiger partial charge in [-0.25, -0.2) is 13.1 Å². The van der Waals surface area contributed by atoms with Gasteiger partial charge in [-0.3, -0.25) is 9.79 Å². The molecular formula is C17H26ClIN4O4S. The van der Waals surface area contributed by atoms with E-state index >= 15 is 0 Å². The molecule has 2 atom stereocenters. The highest BCUT2D eigenvalue weighted by atomic mass is 127. The number of benzene rings is 1. The molecule has 1 aromatic carbocycles. The molecule has 1 aromatic rings. The van der Waals surface area contributed by atoms with E-state index in [1.165, 1.54) is 19.2 Å². The number of nitrogens with zero attached hydrogens (tertiary/aromatic N) is 2. The van der Waals surface area contributed by atoms with Gasteiger partial charge in [0.2, 0.25) is 10.0 Å². The van der Waals surface area contributed by atoms with E-state index in [2.05, 4.69) is 15.0 Å². The molecule has 0 aliphatic carbocycles. The fourth-order valence-corrected chi connectivity index (χ4v) is 4.34. The van der Waals surface area contributed by atoms with Gasteiger partial charge in [0.15, 0.2) is 5.96 Å². The summed E-state index contributed by atoms with van der Waals surface area (Å²) in [6.45, 7) is 3.71. The summed E-state index contributed by atoms with van der Waals surface area (Å²) in [5.74, 6) is 0.345. The molecule has 1 heterocycles. The van der Waals surface area contributed by atoms with Crippen molar-refractivity contribution in [3.8, 4) is 0 Å². The number of likely N-dealkylation sites (tertiary alicyclic amines) is 1. The first-order chi connectivity index (χ1) is 12.8. The number of guanidine groups is 1. The van der Waals surface area contributed by atoms with Crippen LogP contribution in [0, 0.1) is 11.8 Å². The first-order valence-electron chi connectivity index (χ1n) is 8.57. The Labute approximate surface area is 188 Å². The molecule has 11 heteroatoms. The number of hydrogen-bond acceptors (Lipinski definition) is 5. The number of ether oxygens (including phenoxy) is 1. The molecule has 1 saturated heterocycles. The Bertz CT molecular complexity index is 806. The zero-order valence-electron chi connectivity index (χ0n) is 16.0. The second kappa shape index (κ2) is 11.2. The van der Waals surface area contributed by atoms with Gasteiger partial charge in [-0.05, 0) is 24.1 Å². The van der Waals surface area contributed by atoms with E-state index in [0.29, 0.717) is 30.6 Å². The molecule has 2 rings (SSSR count). The Hall–Kier alpha value is -1.11. The summed E-state index contributed by atoms with van der Waals surface area (Å²) in [5, 5.41) is 3.48. The van der Waals surface area contributed by atoms with Gasteiger partial charge >= 0.3 is 5.97 Å². The number of carbonyl (C=O) groups excluding carboxylic acids is 1. The molecule has 158 valence electrons. The molecule has 1 aliphatic heterocycles. The molecule has 8 nitrogen and oxygen atoms in total. The Morgan fingerprint density at radius 3 is 2.68 bits per heavy atom. The van der Waals surface area contributed by atoms with Crippen molar-refractivity contribution in [2.45, 2.75) is 11.8 Å². The van der Waals surface area contributed by atoms with Crippen molar-refractivity contribution in [2.24, 2.45) is 16.8 Å². The Morgan fingerprint density at radius 2 is 2.07 bits per heavy atom. The van der Waals surface area contributed by atoms with Crippen LogP contribution in [0.3, 0.4) is 0 Å². The number of halogens is 2. The smallest absolute Gasteiger partial charge is 0.310 e. The van der Waals surface area contributed by atoms with Crippen LogP contribution in [0.15, 0.2) is 34.2 Å². The third-order valence-electron chi connectivity index (χ3n) is 4.43. The van der Waals surface area contributed by atoms with Crippen molar-refractivity contribution in [3.63, 3.8) is 0 Å². The number of nitrogens with one attached hydrogen (secondary N) is 2. The van der Waals surface area contributed by atoms with Crippen LogP contribution in [-0.4, -0.2) is 65.6 Å². The molecule has 0 aromatic heterocycles. The standard InChI is InChI=1S/C17H25ClN4O4S.HI/c1-12-10-22(11-15(12)16(23)26-3)17(19-2)20-7-8-21-27(24,25)14-6-4-5-13(18)9-14;/h4-6,9,12,15,21H,7-8,10-11H2,1-3H3,(H,19,20);1H. The predicted octanol–water partition coefficient (Wildman–Crippen LogP) is 1.55. The van der Waals surface area contributed by atoms with Crippen LogP contribution < -0.4 is 10.0 Å². The number of aliphatic imine (C=N–C) groups is 1. The summed E-state index contributed by atoms with van der Waals surface area (Å²) >= 11 is 5.84. The van der Waals surface area contributed by atoms with Gasteiger partial charge < -0.3 is 15.0 Å².